The number of piperidine rings is 1. The molecule has 1 spiro atoms. The largest absolute Gasteiger partial charge is 0.450 e. The average Bonchev–Trinajstić information content (AvgIpc) is 3.17. The third kappa shape index (κ3) is 2.04. The van der Waals surface area contributed by atoms with Crippen molar-refractivity contribution >= 4 is 11.9 Å². The van der Waals surface area contributed by atoms with E-state index in [0.29, 0.717) is 37.4 Å². The Hall–Kier alpha value is -1.84. The molecule has 4 rings (SSSR count). The standard InChI is InChI=1S/C18H21NO3/c20-16(13-5-1-2-6-13)19-11-9-18(10-12-19)15-8-4-3-7-14(15)17(21)22-18/h3-4,7-8,13H,1-2,5-6,9-12H2. The number of nitrogens with zero attached hydrogens (tertiary/aromatic N) is 1. The maximum atomic E-state index is 12.5. The van der Waals surface area contributed by atoms with Crippen molar-refractivity contribution in [1.82, 2.24) is 4.90 Å². The zero-order chi connectivity index (χ0) is 15.2. The molecule has 2 heterocycles. The van der Waals surface area contributed by atoms with E-state index in [9.17, 15) is 9.59 Å². The molecule has 1 saturated heterocycles. The highest BCUT2D eigenvalue weighted by atomic mass is 16.6. The number of rotatable bonds is 1. The van der Waals surface area contributed by atoms with Crippen LogP contribution in [0.15, 0.2) is 24.3 Å². The number of esters is 1. The minimum Gasteiger partial charge on any atom is -0.450 e. The molecule has 0 atom stereocenters. The molecule has 1 saturated carbocycles. The quantitative estimate of drug-likeness (QED) is 0.749. The fourth-order valence-corrected chi connectivity index (χ4v) is 4.24. The molecule has 116 valence electrons. The highest BCUT2D eigenvalue weighted by Gasteiger charge is 2.48. The van der Waals surface area contributed by atoms with Gasteiger partial charge in [0.25, 0.3) is 0 Å². The van der Waals surface area contributed by atoms with E-state index in [1.165, 1.54) is 12.8 Å². The first-order valence-corrected chi connectivity index (χ1v) is 8.31. The van der Waals surface area contributed by atoms with Crippen molar-refractivity contribution in [2.75, 3.05) is 13.1 Å². The maximum absolute atomic E-state index is 12.5. The summed E-state index contributed by atoms with van der Waals surface area (Å²) in [5, 5.41) is 0. The summed E-state index contributed by atoms with van der Waals surface area (Å²) in [6.45, 7) is 1.38. The van der Waals surface area contributed by atoms with E-state index < -0.39 is 5.60 Å². The monoisotopic (exact) mass is 299 g/mol. The number of benzene rings is 1. The van der Waals surface area contributed by atoms with Crippen molar-refractivity contribution in [3.8, 4) is 0 Å². The van der Waals surface area contributed by atoms with Crippen LogP contribution in [0.2, 0.25) is 0 Å². The van der Waals surface area contributed by atoms with E-state index in [1.807, 2.05) is 29.2 Å². The first-order chi connectivity index (χ1) is 10.7. The predicted octanol–water partition coefficient (Wildman–Crippen LogP) is 2.86. The van der Waals surface area contributed by atoms with Gasteiger partial charge in [0.05, 0.1) is 5.56 Å². The molecule has 1 aromatic rings. The summed E-state index contributed by atoms with van der Waals surface area (Å²) in [7, 11) is 0. The smallest absolute Gasteiger partial charge is 0.339 e. The highest BCUT2D eigenvalue weighted by molar-refractivity contribution is 5.94. The van der Waals surface area contributed by atoms with Crippen LogP contribution in [0.5, 0.6) is 0 Å². The van der Waals surface area contributed by atoms with Gasteiger partial charge in [-0.15, -0.1) is 0 Å². The van der Waals surface area contributed by atoms with Gasteiger partial charge in [-0.05, 0) is 18.9 Å². The Morgan fingerprint density at radius 1 is 1.14 bits per heavy atom. The summed E-state index contributed by atoms with van der Waals surface area (Å²) in [6, 6.07) is 7.66. The van der Waals surface area contributed by atoms with E-state index >= 15 is 0 Å². The van der Waals surface area contributed by atoms with Gasteiger partial charge in [-0.3, -0.25) is 4.79 Å². The molecule has 1 amide bonds. The van der Waals surface area contributed by atoms with Crippen molar-refractivity contribution in [3.63, 3.8) is 0 Å². The number of amides is 1. The highest BCUT2D eigenvalue weighted by Crippen LogP contribution is 2.44. The lowest BCUT2D eigenvalue weighted by Gasteiger charge is -2.39. The lowest BCUT2D eigenvalue weighted by Crippen LogP contribution is -2.47. The molecule has 1 aliphatic carbocycles. The Bertz CT molecular complexity index is 611. The first kappa shape index (κ1) is 13.8. The van der Waals surface area contributed by atoms with Crippen LogP contribution >= 0.6 is 0 Å². The van der Waals surface area contributed by atoms with E-state index in [2.05, 4.69) is 0 Å². The number of hydrogen-bond acceptors (Lipinski definition) is 3. The zero-order valence-corrected chi connectivity index (χ0v) is 12.7. The van der Waals surface area contributed by atoms with Crippen LogP contribution in [-0.2, 0) is 15.1 Å². The summed E-state index contributed by atoms with van der Waals surface area (Å²) < 4.78 is 5.74. The maximum Gasteiger partial charge on any atom is 0.339 e. The van der Waals surface area contributed by atoms with Crippen molar-refractivity contribution in [2.45, 2.75) is 44.1 Å². The fraction of sp³-hybridized carbons (Fsp3) is 0.556. The van der Waals surface area contributed by atoms with Crippen molar-refractivity contribution in [1.29, 1.82) is 0 Å². The van der Waals surface area contributed by atoms with Gasteiger partial charge in [0.1, 0.15) is 5.60 Å². The molecule has 0 N–H and O–H groups in total. The number of fused-ring (bicyclic) bond motifs is 2. The Balaban J connectivity index is 1.50. The lowest BCUT2D eigenvalue weighted by atomic mass is 9.83. The Kier molecular flexibility index (Phi) is 3.21. The van der Waals surface area contributed by atoms with Gasteiger partial charge in [-0.25, -0.2) is 4.79 Å². The van der Waals surface area contributed by atoms with E-state index in [4.69, 9.17) is 4.74 Å². The van der Waals surface area contributed by atoms with Gasteiger partial charge in [-0.1, -0.05) is 31.0 Å². The molecule has 2 fully saturated rings. The Labute approximate surface area is 130 Å². The van der Waals surface area contributed by atoms with Crippen molar-refractivity contribution < 1.29 is 14.3 Å². The summed E-state index contributed by atoms with van der Waals surface area (Å²) in [6.07, 6.45) is 5.87. The number of likely N-dealkylation sites (tertiary alicyclic amines) is 1. The average molecular weight is 299 g/mol. The second kappa shape index (κ2) is 5.11. The minimum atomic E-state index is -0.500. The summed E-state index contributed by atoms with van der Waals surface area (Å²) in [5.41, 5.74) is 1.20. The van der Waals surface area contributed by atoms with Gasteiger partial charge >= 0.3 is 5.97 Å². The van der Waals surface area contributed by atoms with Crippen LogP contribution in [0.1, 0.15) is 54.4 Å². The molecule has 3 aliphatic rings. The summed E-state index contributed by atoms with van der Waals surface area (Å²) in [5.74, 6) is 0.323. The van der Waals surface area contributed by atoms with Crippen LogP contribution in [0.25, 0.3) is 0 Å². The number of ether oxygens (including phenoxy) is 1. The molecular formula is C18H21NO3. The molecule has 4 nitrogen and oxygen atoms in total. The van der Waals surface area contributed by atoms with Crippen molar-refractivity contribution in [2.24, 2.45) is 5.92 Å². The summed E-state index contributed by atoms with van der Waals surface area (Å²) in [4.78, 5) is 26.6. The third-order valence-corrected chi connectivity index (χ3v) is 5.51. The van der Waals surface area contributed by atoms with Crippen LogP contribution in [0, 0.1) is 5.92 Å². The number of hydrogen-bond donors (Lipinski definition) is 0. The summed E-state index contributed by atoms with van der Waals surface area (Å²) >= 11 is 0. The number of carbonyl (C=O) groups is 2. The van der Waals surface area contributed by atoms with E-state index in [0.717, 1.165) is 18.4 Å². The molecule has 0 aromatic heterocycles. The molecule has 0 radical (unpaired) electrons. The van der Waals surface area contributed by atoms with Gasteiger partial charge in [0.15, 0.2) is 0 Å². The van der Waals surface area contributed by atoms with Gasteiger partial charge < -0.3 is 9.64 Å². The Morgan fingerprint density at radius 2 is 1.82 bits per heavy atom. The van der Waals surface area contributed by atoms with Gasteiger partial charge in [0, 0.05) is 37.4 Å². The predicted molar refractivity (Wildman–Crippen MR) is 81.3 cm³/mol. The fourth-order valence-electron chi connectivity index (χ4n) is 4.24. The van der Waals surface area contributed by atoms with Crippen LogP contribution < -0.4 is 0 Å². The number of carbonyl (C=O) groups excluding carboxylic acids is 2. The van der Waals surface area contributed by atoms with Crippen molar-refractivity contribution in [3.05, 3.63) is 35.4 Å². The van der Waals surface area contributed by atoms with E-state index in [-0.39, 0.29) is 11.9 Å². The van der Waals surface area contributed by atoms with Crippen LogP contribution in [-0.4, -0.2) is 29.9 Å². The van der Waals surface area contributed by atoms with Gasteiger partial charge in [0.2, 0.25) is 5.91 Å². The minimum absolute atomic E-state index is 0.217. The molecule has 0 unspecified atom stereocenters. The molecule has 1 aromatic carbocycles. The topological polar surface area (TPSA) is 46.6 Å². The van der Waals surface area contributed by atoms with Gasteiger partial charge in [-0.2, -0.15) is 0 Å². The molecule has 2 aliphatic heterocycles. The molecule has 4 heteroatoms. The van der Waals surface area contributed by atoms with Crippen LogP contribution in [0.3, 0.4) is 0 Å². The van der Waals surface area contributed by atoms with Crippen LogP contribution in [0.4, 0.5) is 0 Å². The molecular weight excluding hydrogens is 278 g/mol. The second-order valence-corrected chi connectivity index (χ2v) is 6.74. The molecule has 22 heavy (non-hydrogen) atoms. The second-order valence-electron chi connectivity index (χ2n) is 6.74. The third-order valence-electron chi connectivity index (χ3n) is 5.51. The first-order valence-electron chi connectivity index (χ1n) is 8.31. The lowest BCUT2D eigenvalue weighted by molar-refractivity contribution is -0.139. The normalized spacial score (nSPS) is 23.6. The zero-order valence-electron chi connectivity index (χ0n) is 12.7. The SMILES string of the molecule is O=C1OC2(CCN(C(=O)C3CCCC3)CC2)c2ccccc21. The Morgan fingerprint density at radius 3 is 2.55 bits per heavy atom. The molecule has 0 bridgehead atoms. The van der Waals surface area contributed by atoms with E-state index in [1.54, 1.807) is 0 Å².